The predicted octanol–water partition coefficient (Wildman–Crippen LogP) is 5.69. The van der Waals surface area contributed by atoms with Crippen molar-refractivity contribution in [3.63, 3.8) is 0 Å². The first-order chi connectivity index (χ1) is 15.2. The van der Waals surface area contributed by atoms with E-state index in [2.05, 4.69) is 58.4 Å². The Labute approximate surface area is 187 Å². The summed E-state index contributed by atoms with van der Waals surface area (Å²) < 4.78 is 2.33. The summed E-state index contributed by atoms with van der Waals surface area (Å²) in [6, 6.07) is 25.9. The molecule has 158 valence electrons. The number of para-hydroxylation sites is 2. The fourth-order valence-corrected chi connectivity index (χ4v) is 4.02. The number of nitrogens with zero attached hydrogens (tertiary/aromatic N) is 2. The number of nitrogens with one attached hydrogen (secondary N) is 1. The van der Waals surface area contributed by atoms with Crippen LogP contribution in [0, 0.1) is 0 Å². The van der Waals surface area contributed by atoms with Gasteiger partial charge in [-0.05, 0) is 55.2 Å². The highest BCUT2D eigenvalue weighted by Gasteiger charge is 2.11. The van der Waals surface area contributed by atoms with E-state index >= 15 is 0 Å². The molecule has 0 aliphatic heterocycles. The number of benzene rings is 3. The van der Waals surface area contributed by atoms with E-state index in [0.717, 1.165) is 43.6 Å². The molecule has 1 amide bonds. The Kier molecular flexibility index (Phi) is 7.00. The highest BCUT2D eigenvalue weighted by molar-refractivity contribution is 6.30. The molecule has 0 atom stereocenters. The maximum Gasteiger partial charge on any atom is 0.251 e. The van der Waals surface area contributed by atoms with Gasteiger partial charge in [0.15, 0.2) is 0 Å². The zero-order chi connectivity index (χ0) is 21.5. The van der Waals surface area contributed by atoms with Crippen molar-refractivity contribution in [3.8, 4) is 0 Å². The molecule has 4 rings (SSSR count). The number of rotatable bonds is 9. The molecule has 0 aliphatic carbocycles. The molecule has 0 saturated heterocycles. The van der Waals surface area contributed by atoms with Crippen molar-refractivity contribution < 1.29 is 4.79 Å². The van der Waals surface area contributed by atoms with Crippen LogP contribution in [0.5, 0.6) is 0 Å². The molecule has 1 N–H and O–H groups in total. The lowest BCUT2D eigenvalue weighted by molar-refractivity contribution is 0.0953. The Hall–Kier alpha value is -3.11. The molecule has 4 nitrogen and oxygen atoms in total. The molecule has 0 spiro atoms. The average Bonchev–Trinajstić information content (AvgIpc) is 3.15. The van der Waals surface area contributed by atoms with E-state index in [4.69, 9.17) is 16.6 Å². The van der Waals surface area contributed by atoms with Crippen LogP contribution in [0.2, 0.25) is 5.02 Å². The first-order valence-electron chi connectivity index (χ1n) is 10.7. The van der Waals surface area contributed by atoms with Crippen LogP contribution in [0.4, 0.5) is 0 Å². The highest BCUT2D eigenvalue weighted by atomic mass is 35.5. The molecule has 1 aromatic heterocycles. The van der Waals surface area contributed by atoms with E-state index in [1.54, 1.807) is 24.3 Å². The summed E-state index contributed by atoms with van der Waals surface area (Å²) >= 11 is 5.98. The number of aryl methyl sites for hydroxylation is 3. The van der Waals surface area contributed by atoms with Gasteiger partial charge in [-0.15, -0.1) is 0 Å². The molecule has 0 fully saturated rings. The maximum absolute atomic E-state index is 12.3. The number of aromatic nitrogens is 2. The van der Waals surface area contributed by atoms with E-state index in [-0.39, 0.29) is 5.91 Å². The molecule has 3 aromatic carbocycles. The zero-order valence-electron chi connectivity index (χ0n) is 17.4. The van der Waals surface area contributed by atoms with Crippen molar-refractivity contribution >= 4 is 28.5 Å². The number of amides is 1. The van der Waals surface area contributed by atoms with Crippen molar-refractivity contribution in [1.82, 2.24) is 14.9 Å². The minimum atomic E-state index is -0.0983. The second-order valence-electron chi connectivity index (χ2n) is 7.63. The average molecular weight is 432 g/mol. The SMILES string of the molecule is O=C(NCCCc1nc2ccccc2n1CCCc1ccccc1)c1cccc(Cl)c1. The number of carbonyl (C=O) groups is 1. The Morgan fingerprint density at radius 1 is 0.903 bits per heavy atom. The third-order valence-corrected chi connectivity index (χ3v) is 5.61. The van der Waals surface area contributed by atoms with Gasteiger partial charge < -0.3 is 9.88 Å². The summed E-state index contributed by atoms with van der Waals surface area (Å²) in [5, 5.41) is 3.55. The molecule has 0 radical (unpaired) electrons. The monoisotopic (exact) mass is 431 g/mol. The summed E-state index contributed by atoms with van der Waals surface area (Å²) in [5.41, 5.74) is 4.14. The predicted molar refractivity (Wildman–Crippen MR) is 127 cm³/mol. The van der Waals surface area contributed by atoms with Crippen LogP contribution in [0.25, 0.3) is 11.0 Å². The fourth-order valence-electron chi connectivity index (χ4n) is 3.83. The summed E-state index contributed by atoms with van der Waals surface area (Å²) in [7, 11) is 0. The summed E-state index contributed by atoms with van der Waals surface area (Å²) in [6.45, 7) is 1.53. The fraction of sp³-hybridized carbons (Fsp3) is 0.231. The summed E-state index contributed by atoms with van der Waals surface area (Å²) in [4.78, 5) is 17.2. The van der Waals surface area contributed by atoms with Gasteiger partial charge >= 0.3 is 0 Å². The largest absolute Gasteiger partial charge is 0.352 e. The Balaban J connectivity index is 1.36. The van der Waals surface area contributed by atoms with Gasteiger partial charge in [-0.2, -0.15) is 0 Å². The molecule has 0 unspecified atom stereocenters. The third-order valence-electron chi connectivity index (χ3n) is 5.37. The first-order valence-corrected chi connectivity index (χ1v) is 11.1. The van der Waals surface area contributed by atoms with Crippen LogP contribution in [-0.4, -0.2) is 22.0 Å². The number of hydrogen-bond acceptors (Lipinski definition) is 2. The number of hydrogen-bond donors (Lipinski definition) is 1. The van der Waals surface area contributed by atoms with Crippen LogP contribution in [0.15, 0.2) is 78.9 Å². The number of fused-ring (bicyclic) bond motifs is 1. The van der Waals surface area contributed by atoms with E-state index in [1.165, 1.54) is 11.1 Å². The second-order valence-corrected chi connectivity index (χ2v) is 8.06. The molecule has 0 aliphatic rings. The summed E-state index contributed by atoms with van der Waals surface area (Å²) in [6.07, 6.45) is 3.75. The van der Waals surface area contributed by atoms with Gasteiger partial charge in [0.05, 0.1) is 11.0 Å². The molecule has 0 bridgehead atoms. The highest BCUT2D eigenvalue weighted by Crippen LogP contribution is 2.18. The topological polar surface area (TPSA) is 46.9 Å². The van der Waals surface area contributed by atoms with Crippen molar-refractivity contribution in [2.24, 2.45) is 0 Å². The third kappa shape index (κ3) is 5.53. The van der Waals surface area contributed by atoms with Gasteiger partial charge in [0.1, 0.15) is 5.82 Å². The normalized spacial score (nSPS) is 11.0. The van der Waals surface area contributed by atoms with E-state index in [9.17, 15) is 4.79 Å². The lowest BCUT2D eigenvalue weighted by Gasteiger charge is -2.10. The van der Waals surface area contributed by atoms with Crippen LogP contribution >= 0.6 is 11.6 Å². The van der Waals surface area contributed by atoms with Crippen molar-refractivity contribution in [3.05, 3.63) is 101 Å². The second kappa shape index (κ2) is 10.3. The van der Waals surface area contributed by atoms with Crippen molar-refractivity contribution in [2.45, 2.75) is 32.2 Å². The number of imidazole rings is 1. The first kappa shape index (κ1) is 21.1. The van der Waals surface area contributed by atoms with E-state index < -0.39 is 0 Å². The van der Waals surface area contributed by atoms with Crippen LogP contribution in [0.1, 0.15) is 34.6 Å². The van der Waals surface area contributed by atoms with Gasteiger partial charge in [0.2, 0.25) is 0 Å². The molecule has 31 heavy (non-hydrogen) atoms. The molecule has 4 aromatic rings. The molecule has 5 heteroatoms. The quantitative estimate of drug-likeness (QED) is 0.346. The molecular weight excluding hydrogens is 406 g/mol. The lowest BCUT2D eigenvalue weighted by Crippen LogP contribution is -2.25. The number of halogens is 1. The molecular formula is C26H26ClN3O. The minimum absolute atomic E-state index is 0.0983. The number of carbonyl (C=O) groups excluding carboxylic acids is 1. The minimum Gasteiger partial charge on any atom is -0.352 e. The van der Waals surface area contributed by atoms with Gasteiger partial charge in [-0.3, -0.25) is 4.79 Å². The Morgan fingerprint density at radius 2 is 1.71 bits per heavy atom. The van der Waals surface area contributed by atoms with Crippen LogP contribution in [0.3, 0.4) is 0 Å². The van der Waals surface area contributed by atoms with Gasteiger partial charge in [0, 0.05) is 30.1 Å². The molecule has 1 heterocycles. The van der Waals surface area contributed by atoms with Gasteiger partial charge in [-0.1, -0.05) is 60.1 Å². The zero-order valence-corrected chi connectivity index (χ0v) is 18.2. The summed E-state index contributed by atoms with van der Waals surface area (Å²) in [5.74, 6) is 0.977. The van der Waals surface area contributed by atoms with Crippen LogP contribution in [-0.2, 0) is 19.4 Å². The van der Waals surface area contributed by atoms with Crippen LogP contribution < -0.4 is 5.32 Å². The lowest BCUT2D eigenvalue weighted by atomic mass is 10.1. The maximum atomic E-state index is 12.3. The van der Waals surface area contributed by atoms with Gasteiger partial charge in [-0.25, -0.2) is 4.98 Å². The van der Waals surface area contributed by atoms with Gasteiger partial charge in [0.25, 0.3) is 5.91 Å². The molecule has 0 saturated carbocycles. The standard InChI is InChI=1S/C26H26ClN3O/c27-22-13-6-12-21(19-22)26(31)28-17-7-16-25-29-23-14-4-5-15-24(23)30(25)18-8-11-20-9-2-1-3-10-20/h1-6,9-10,12-15,19H,7-8,11,16-18H2,(H,28,31). The smallest absolute Gasteiger partial charge is 0.251 e. The van der Waals surface area contributed by atoms with Crippen molar-refractivity contribution in [1.29, 1.82) is 0 Å². The van der Waals surface area contributed by atoms with E-state index in [1.807, 2.05) is 6.07 Å². The Morgan fingerprint density at radius 3 is 2.55 bits per heavy atom. The Bertz CT molecular complexity index is 1150. The van der Waals surface area contributed by atoms with Crippen molar-refractivity contribution in [2.75, 3.05) is 6.54 Å². The van der Waals surface area contributed by atoms with E-state index in [0.29, 0.717) is 17.1 Å².